The second-order valence-corrected chi connectivity index (χ2v) is 14.3. The molecule has 3 amide bonds. The Morgan fingerprint density at radius 2 is 1.44 bits per heavy atom. The SMILES string of the molecule is COc1ccc(-c2csc(NC(=O)C(Sc3ccc(NC(=O)/C(=C/c4c(Cl)cccc4Cl)NC(=O)c4ccccc4)cc3)c3ccccc3)n2)cc1OC. The highest BCUT2D eigenvalue weighted by atomic mass is 35.5. The molecule has 0 saturated carbocycles. The Morgan fingerprint density at radius 3 is 2.11 bits per heavy atom. The van der Waals surface area contributed by atoms with Crippen LogP contribution in [0.4, 0.5) is 10.8 Å². The van der Waals surface area contributed by atoms with Gasteiger partial charge < -0.3 is 25.4 Å². The van der Waals surface area contributed by atoms with E-state index in [1.54, 1.807) is 93.1 Å². The Morgan fingerprint density at radius 1 is 0.778 bits per heavy atom. The Kier molecular flexibility index (Phi) is 12.7. The summed E-state index contributed by atoms with van der Waals surface area (Å²) in [5, 5.41) is 10.8. The largest absolute Gasteiger partial charge is 0.493 e. The van der Waals surface area contributed by atoms with Crippen LogP contribution in [0.2, 0.25) is 10.0 Å². The van der Waals surface area contributed by atoms with Crippen LogP contribution in [0.15, 0.2) is 137 Å². The van der Waals surface area contributed by atoms with E-state index >= 15 is 0 Å². The van der Waals surface area contributed by atoms with E-state index in [1.165, 1.54) is 29.2 Å². The molecule has 9 nitrogen and oxygen atoms in total. The molecule has 0 aliphatic rings. The first kappa shape index (κ1) is 38.1. The molecule has 3 N–H and O–H groups in total. The molecule has 0 saturated heterocycles. The summed E-state index contributed by atoms with van der Waals surface area (Å²) in [5.41, 5.74) is 3.45. The summed E-state index contributed by atoms with van der Waals surface area (Å²) in [6, 6.07) is 35.5. The number of amides is 3. The van der Waals surface area contributed by atoms with Gasteiger partial charge in [0, 0.05) is 42.7 Å². The Balaban J connectivity index is 1.18. The smallest absolute Gasteiger partial charge is 0.272 e. The number of methoxy groups -OCH3 is 2. The predicted octanol–water partition coefficient (Wildman–Crippen LogP) is 10.0. The van der Waals surface area contributed by atoms with Gasteiger partial charge in [-0.15, -0.1) is 23.1 Å². The number of thioether (sulfide) groups is 1. The number of nitrogens with zero attached hydrogens (tertiary/aromatic N) is 1. The summed E-state index contributed by atoms with van der Waals surface area (Å²) >= 11 is 15.5. The van der Waals surface area contributed by atoms with Gasteiger partial charge in [0.1, 0.15) is 10.9 Å². The van der Waals surface area contributed by atoms with E-state index in [9.17, 15) is 14.4 Å². The van der Waals surface area contributed by atoms with Crippen molar-refractivity contribution in [2.45, 2.75) is 10.1 Å². The van der Waals surface area contributed by atoms with E-state index < -0.39 is 17.1 Å². The molecule has 54 heavy (non-hydrogen) atoms. The van der Waals surface area contributed by atoms with Crippen LogP contribution in [0.1, 0.15) is 26.7 Å². The third kappa shape index (κ3) is 9.49. The molecule has 0 aliphatic heterocycles. The van der Waals surface area contributed by atoms with Crippen LogP contribution in [0.3, 0.4) is 0 Å². The zero-order valence-corrected chi connectivity index (χ0v) is 32.0. The lowest BCUT2D eigenvalue weighted by Gasteiger charge is -2.17. The standard InChI is InChI=1S/C41H32Cl2N4O5S2/c1-51-35-21-16-27(22-36(35)52-2)34-24-53-41(46-34)47-40(50)37(25-10-5-3-6-11-25)54-29-19-17-28(18-20-29)44-39(49)33(23-30-31(42)14-9-15-32(30)43)45-38(48)26-12-7-4-8-13-26/h3-24,37H,1-2H3,(H,44,49)(H,45,48)(H,46,47,50)/b33-23-. The van der Waals surface area contributed by atoms with Gasteiger partial charge in [-0.05, 0) is 78.4 Å². The molecule has 0 bridgehead atoms. The van der Waals surface area contributed by atoms with Crippen LogP contribution < -0.4 is 25.4 Å². The predicted molar refractivity (Wildman–Crippen MR) is 218 cm³/mol. The average Bonchev–Trinajstić information content (AvgIpc) is 3.67. The summed E-state index contributed by atoms with van der Waals surface area (Å²) in [4.78, 5) is 45.9. The summed E-state index contributed by atoms with van der Waals surface area (Å²) in [5.74, 6) is -0.136. The lowest BCUT2D eigenvalue weighted by Crippen LogP contribution is -2.30. The average molecular weight is 796 g/mol. The molecule has 6 rings (SSSR count). The van der Waals surface area contributed by atoms with E-state index in [1.807, 2.05) is 47.8 Å². The molecular formula is C41H32Cl2N4O5S2. The zero-order valence-electron chi connectivity index (χ0n) is 28.8. The summed E-state index contributed by atoms with van der Waals surface area (Å²) < 4.78 is 10.8. The number of thiazole rings is 1. The fourth-order valence-electron chi connectivity index (χ4n) is 5.22. The van der Waals surface area contributed by atoms with Gasteiger partial charge in [-0.1, -0.05) is 77.8 Å². The molecule has 0 spiro atoms. The van der Waals surface area contributed by atoms with Crippen molar-refractivity contribution < 1.29 is 23.9 Å². The van der Waals surface area contributed by atoms with E-state index in [0.29, 0.717) is 49.2 Å². The van der Waals surface area contributed by atoms with Gasteiger partial charge in [0.05, 0.1) is 19.9 Å². The molecule has 13 heteroatoms. The van der Waals surface area contributed by atoms with Crippen LogP contribution in [0.25, 0.3) is 17.3 Å². The quantitative estimate of drug-likeness (QED) is 0.0787. The van der Waals surface area contributed by atoms with E-state index in [2.05, 4.69) is 20.9 Å². The zero-order chi connectivity index (χ0) is 38.0. The first-order chi connectivity index (χ1) is 26.2. The topological polar surface area (TPSA) is 119 Å². The fraction of sp³-hybridized carbons (Fsp3) is 0.0732. The molecule has 272 valence electrons. The minimum atomic E-state index is -0.622. The maximum Gasteiger partial charge on any atom is 0.272 e. The number of halogens is 2. The number of rotatable bonds is 13. The number of nitrogens with one attached hydrogen (secondary N) is 3. The van der Waals surface area contributed by atoms with Gasteiger partial charge in [-0.3, -0.25) is 14.4 Å². The van der Waals surface area contributed by atoms with Crippen molar-refractivity contribution in [3.05, 3.63) is 159 Å². The summed E-state index contributed by atoms with van der Waals surface area (Å²) in [6.07, 6.45) is 1.44. The number of hydrogen-bond donors (Lipinski definition) is 3. The Labute approximate surface area is 330 Å². The number of anilines is 2. The second kappa shape index (κ2) is 18.0. The lowest BCUT2D eigenvalue weighted by molar-refractivity contribution is -0.116. The molecule has 6 aromatic rings. The normalized spacial score (nSPS) is 11.7. The van der Waals surface area contributed by atoms with Crippen molar-refractivity contribution in [1.82, 2.24) is 10.3 Å². The molecular weight excluding hydrogens is 764 g/mol. The van der Waals surface area contributed by atoms with Crippen molar-refractivity contribution in [3.8, 4) is 22.8 Å². The molecule has 1 unspecified atom stereocenters. The Hall–Kier alpha value is -5.59. The van der Waals surface area contributed by atoms with E-state index in [0.717, 1.165) is 16.0 Å². The highest BCUT2D eigenvalue weighted by molar-refractivity contribution is 8.00. The Bertz CT molecular complexity index is 2280. The van der Waals surface area contributed by atoms with Crippen molar-refractivity contribution in [2.24, 2.45) is 0 Å². The van der Waals surface area contributed by atoms with Gasteiger partial charge in [-0.2, -0.15) is 0 Å². The van der Waals surface area contributed by atoms with Gasteiger partial charge >= 0.3 is 0 Å². The molecule has 0 aliphatic carbocycles. The van der Waals surface area contributed by atoms with Crippen LogP contribution in [-0.2, 0) is 9.59 Å². The maximum atomic E-state index is 13.8. The van der Waals surface area contributed by atoms with Crippen molar-refractivity contribution >= 4 is 80.9 Å². The summed E-state index contributed by atoms with van der Waals surface area (Å²) in [7, 11) is 3.15. The van der Waals surface area contributed by atoms with Gasteiger partial charge in [0.2, 0.25) is 5.91 Å². The third-order valence-corrected chi connectivity index (χ3v) is 10.6. The van der Waals surface area contributed by atoms with Crippen molar-refractivity contribution in [3.63, 3.8) is 0 Å². The second-order valence-electron chi connectivity index (χ2n) is 11.5. The fourth-order valence-corrected chi connectivity index (χ4v) is 7.47. The van der Waals surface area contributed by atoms with Crippen LogP contribution in [0, 0.1) is 0 Å². The molecule has 1 aromatic heterocycles. The molecule has 1 heterocycles. The molecule has 5 aromatic carbocycles. The number of ether oxygens (including phenoxy) is 2. The monoisotopic (exact) mass is 794 g/mol. The molecule has 0 radical (unpaired) electrons. The van der Waals surface area contributed by atoms with Crippen molar-refractivity contribution in [1.29, 1.82) is 0 Å². The van der Waals surface area contributed by atoms with Gasteiger partial charge in [-0.25, -0.2) is 4.98 Å². The molecule has 1 atom stereocenters. The minimum Gasteiger partial charge on any atom is -0.493 e. The van der Waals surface area contributed by atoms with E-state index in [4.69, 9.17) is 32.7 Å². The third-order valence-electron chi connectivity index (χ3n) is 7.94. The highest BCUT2D eigenvalue weighted by Gasteiger charge is 2.24. The number of aromatic nitrogens is 1. The van der Waals surface area contributed by atoms with Crippen LogP contribution in [-0.4, -0.2) is 36.9 Å². The minimum absolute atomic E-state index is 0.0606. The van der Waals surface area contributed by atoms with Crippen LogP contribution >= 0.6 is 46.3 Å². The van der Waals surface area contributed by atoms with E-state index in [-0.39, 0.29) is 11.6 Å². The highest BCUT2D eigenvalue weighted by Crippen LogP contribution is 2.38. The van der Waals surface area contributed by atoms with Gasteiger partial charge in [0.15, 0.2) is 16.6 Å². The van der Waals surface area contributed by atoms with Gasteiger partial charge in [0.25, 0.3) is 11.8 Å². The number of carbonyl (C=O) groups excluding carboxylic acids is 3. The first-order valence-corrected chi connectivity index (χ1v) is 18.9. The first-order valence-electron chi connectivity index (χ1n) is 16.4. The number of benzene rings is 5. The van der Waals surface area contributed by atoms with Crippen molar-refractivity contribution in [2.75, 3.05) is 24.9 Å². The summed E-state index contributed by atoms with van der Waals surface area (Å²) in [6.45, 7) is 0. The lowest BCUT2D eigenvalue weighted by atomic mass is 10.1. The number of hydrogen-bond acceptors (Lipinski definition) is 8. The molecule has 0 fully saturated rings. The maximum absolute atomic E-state index is 13.8. The number of carbonyl (C=O) groups is 3. The van der Waals surface area contributed by atoms with Crippen LogP contribution in [0.5, 0.6) is 11.5 Å².